The van der Waals surface area contributed by atoms with E-state index in [2.05, 4.69) is 0 Å². The fraction of sp³-hybridized carbons (Fsp3) is 0. The first-order valence-electron chi connectivity index (χ1n) is 3.61. The molecular formula is C8H6N2O4. The summed E-state index contributed by atoms with van der Waals surface area (Å²) in [6.45, 7) is 0. The first-order valence-corrected chi connectivity index (χ1v) is 3.61. The minimum Gasteiger partial charge on any atom is -0.363 e. The number of carbonyl (C=O) groups excluding carboxylic acids is 2. The topological polar surface area (TPSA) is 103 Å². The van der Waals surface area contributed by atoms with Gasteiger partial charge in [0, 0.05) is 17.7 Å². The molecule has 0 aliphatic heterocycles. The van der Waals surface area contributed by atoms with Crippen LogP contribution in [0, 0.1) is 10.1 Å². The van der Waals surface area contributed by atoms with Crippen LogP contribution in [0.3, 0.4) is 0 Å². The third-order valence-electron chi connectivity index (χ3n) is 1.54. The van der Waals surface area contributed by atoms with E-state index in [0.29, 0.717) is 0 Å². The molecule has 0 bridgehead atoms. The number of hydrogen-bond acceptors (Lipinski definition) is 4. The van der Waals surface area contributed by atoms with E-state index >= 15 is 0 Å². The van der Waals surface area contributed by atoms with Crippen molar-refractivity contribution in [2.75, 3.05) is 0 Å². The highest BCUT2D eigenvalue weighted by atomic mass is 16.6. The Balaban J connectivity index is 3.12. The van der Waals surface area contributed by atoms with Gasteiger partial charge in [-0.05, 0) is 0 Å². The van der Waals surface area contributed by atoms with Gasteiger partial charge in [0.15, 0.2) is 0 Å². The second-order valence-corrected chi connectivity index (χ2v) is 2.50. The molecule has 1 amide bonds. The number of nitrogens with zero attached hydrogens (tertiary/aromatic N) is 1. The minimum atomic E-state index is -1.13. The SMILES string of the molecule is NC(=O)C(=O)c1cccc([N+](=O)[O-])c1. The number of nitro benzene ring substituents is 1. The molecule has 1 rings (SSSR count). The number of nitro groups is 1. The molecule has 0 unspecified atom stereocenters. The molecule has 1 aromatic rings. The van der Waals surface area contributed by atoms with Gasteiger partial charge in [-0.2, -0.15) is 0 Å². The van der Waals surface area contributed by atoms with Crippen molar-refractivity contribution in [1.29, 1.82) is 0 Å². The van der Waals surface area contributed by atoms with Gasteiger partial charge in [0.05, 0.1) is 4.92 Å². The molecular weight excluding hydrogens is 188 g/mol. The Morgan fingerprint density at radius 2 is 2.00 bits per heavy atom. The van der Waals surface area contributed by atoms with Crippen molar-refractivity contribution in [3.05, 3.63) is 39.9 Å². The van der Waals surface area contributed by atoms with Gasteiger partial charge >= 0.3 is 0 Å². The minimum absolute atomic E-state index is 0.0771. The van der Waals surface area contributed by atoms with Gasteiger partial charge in [0.1, 0.15) is 0 Å². The second-order valence-electron chi connectivity index (χ2n) is 2.50. The van der Waals surface area contributed by atoms with Crippen LogP contribution in [0.1, 0.15) is 10.4 Å². The summed E-state index contributed by atoms with van der Waals surface area (Å²) in [4.78, 5) is 31.2. The molecule has 0 fully saturated rings. The van der Waals surface area contributed by atoms with Crippen molar-refractivity contribution in [2.24, 2.45) is 5.73 Å². The lowest BCUT2D eigenvalue weighted by Gasteiger charge is -1.95. The summed E-state index contributed by atoms with van der Waals surface area (Å²) in [5.74, 6) is -2.07. The molecule has 72 valence electrons. The number of non-ortho nitro benzene ring substituents is 1. The van der Waals surface area contributed by atoms with Crippen molar-refractivity contribution in [3.63, 3.8) is 0 Å². The van der Waals surface area contributed by atoms with E-state index in [1.807, 2.05) is 0 Å². The molecule has 0 radical (unpaired) electrons. The highest BCUT2D eigenvalue weighted by molar-refractivity contribution is 6.42. The van der Waals surface area contributed by atoms with Crippen LogP contribution >= 0.6 is 0 Å². The Kier molecular flexibility index (Phi) is 2.57. The summed E-state index contributed by atoms with van der Waals surface area (Å²) < 4.78 is 0. The molecule has 0 spiro atoms. The predicted octanol–water partition coefficient (Wildman–Crippen LogP) is 0.263. The lowest BCUT2D eigenvalue weighted by molar-refractivity contribution is -0.384. The number of rotatable bonds is 3. The Morgan fingerprint density at radius 1 is 1.36 bits per heavy atom. The van der Waals surface area contributed by atoms with Crippen molar-refractivity contribution in [3.8, 4) is 0 Å². The second kappa shape index (κ2) is 3.65. The summed E-state index contributed by atoms with van der Waals surface area (Å²) in [6, 6.07) is 4.83. The van der Waals surface area contributed by atoms with Crippen molar-refractivity contribution < 1.29 is 14.5 Å². The highest BCUT2D eigenvalue weighted by Gasteiger charge is 2.15. The van der Waals surface area contributed by atoms with Crippen molar-refractivity contribution >= 4 is 17.4 Å². The van der Waals surface area contributed by atoms with Crippen LogP contribution in [0.15, 0.2) is 24.3 Å². The lowest BCUT2D eigenvalue weighted by atomic mass is 10.1. The molecule has 0 saturated heterocycles. The van der Waals surface area contributed by atoms with Crippen LogP contribution in [0.4, 0.5) is 5.69 Å². The molecule has 6 heteroatoms. The van der Waals surface area contributed by atoms with Gasteiger partial charge in [-0.1, -0.05) is 12.1 Å². The van der Waals surface area contributed by atoms with Gasteiger partial charge in [0.25, 0.3) is 11.6 Å². The number of primary amides is 1. The van der Waals surface area contributed by atoms with Crippen molar-refractivity contribution in [1.82, 2.24) is 0 Å². The number of benzene rings is 1. The number of amides is 1. The van der Waals surface area contributed by atoms with E-state index in [9.17, 15) is 19.7 Å². The molecule has 6 nitrogen and oxygen atoms in total. The number of carbonyl (C=O) groups is 2. The zero-order valence-corrected chi connectivity index (χ0v) is 6.97. The maximum absolute atomic E-state index is 11.0. The molecule has 1 aromatic carbocycles. The van der Waals surface area contributed by atoms with Crippen LogP contribution in [-0.2, 0) is 4.79 Å². The summed E-state index contributed by atoms with van der Waals surface area (Å²) >= 11 is 0. The largest absolute Gasteiger partial charge is 0.363 e. The molecule has 0 saturated carbocycles. The maximum Gasteiger partial charge on any atom is 0.289 e. The van der Waals surface area contributed by atoms with Crippen LogP contribution in [0.5, 0.6) is 0 Å². The Morgan fingerprint density at radius 3 is 2.50 bits per heavy atom. The molecule has 0 atom stereocenters. The Hall–Kier alpha value is -2.24. The van der Waals surface area contributed by atoms with Gasteiger partial charge < -0.3 is 5.73 Å². The Labute approximate surface area is 78.5 Å². The predicted molar refractivity (Wildman–Crippen MR) is 46.6 cm³/mol. The molecule has 0 heterocycles. The molecule has 2 N–H and O–H groups in total. The monoisotopic (exact) mass is 194 g/mol. The van der Waals surface area contributed by atoms with Crippen LogP contribution in [0.25, 0.3) is 0 Å². The summed E-state index contributed by atoms with van der Waals surface area (Å²) in [6.07, 6.45) is 0. The fourth-order valence-corrected chi connectivity index (χ4v) is 0.903. The summed E-state index contributed by atoms with van der Waals surface area (Å²) in [5.41, 5.74) is 4.41. The lowest BCUT2D eigenvalue weighted by Crippen LogP contribution is -2.23. The van der Waals surface area contributed by atoms with Crippen LogP contribution < -0.4 is 5.73 Å². The average Bonchev–Trinajstić information content (AvgIpc) is 2.16. The van der Waals surface area contributed by atoms with Gasteiger partial charge in [-0.25, -0.2) is 0 Å². The molecule has 0 aromatic heterocycles. The Bertz CT molecular complexity index is 414. The average molecular weight is 194 g/mol. The number of ketones is 1. The number of nitrogens with two attached hydrogens (primary N) is 1. The van der Waals surface area contributed by atoms with E-state index in [4.69, 9.17) is 5.73 Å². The maximum atomic E-state index is 11.0. The van der Waals surface area contributed by atoms with Gasteiger partial charge in [-0.15, -0.1) is 0 Å². The van der Waals surface area contributed by atoms with E-state index in [1.165, 1.54) is 18.2 Å². The molecule has 0 aliphatic carbocycles. The van der Waals surface area contributed by atoms with Crippen molar-refractivity contribution in [2.45, 2.75) is 0 Å². The van der Waals surface area contributed by atoms with Gasteiger partial charge in [-0.3, -0.25) is 19.7 Å². The first kappa shape index (κ1) is 9.85. The van der Waals surface area contributed by atoms with Crippen LogP contribution in [0.2, 0.25) is 0 Å². The third kappa shape index (κ3) is 1.92. The van der Waals surface area contributed by atoms with Crippen LogP contribution in [-0.4, -0.2) is 16.6 Å². The quantitative estimate of drug-likeness (QED) is 0.322. The first-order chi connectivity index (χ1) is 6.52. The normalized spacial score (nSPS) is 9.43. The highest BCUT2D eigenvalue weighted by Crippen LogP contribution is 2.13. The molecule has 0 aliphatic rings. The van der Waals surface area contributed by atoms with E-state index in [0.717, 1.165) is 6.07 Å². The zero-order chi connectivity index (χ0) is 10.7. The number of Topliss-reactive ketones (excluding diaryl/α,β-unsaturated/α-hetero) is 1. The zero-order valence-electron chi connectivity index (χ0n) is 6.97. The number of hydrogen-bond donors (Lipinski definition) is 1. The molecule has 14 heavy (non-hydrogen) atoms. The summed E-state index contributed by atoms with van der Waals surface area (Å²) in [5, 5.41) is 10.3. The standard InChI is InChI=1S/C8H6N2O4/c9-8(12)7(11)5-2-1-3-6(4-5)10(13)14/h1-4H,(H2,9,12). The van der Waals surface area contributed by atoms with E-state index < -0.39 is 16.6 Å². The third-order valence-corrected chi connectivity index (χ3v) is 1.54. The van der Waals surface area contributed by atoms with E-state index in [1.54, 1.807) is 0 Å². The van der Waals surface area contributed by atoms with Gasteiger partial charge in [0.2, 0.25) is 5.78 Å². The summed E-state index contributed by atoms with van der Waals surface area (Å²) in [7, 11) is 0. The van der Waals surface area contributed by atoms with E-state index in [-0.39, 0.29) is 11.3 Å². The fourth-order valence-electron chi connectivity index (χ4n) is 0.903. The smallest absolute Gasteiger partial charge is 0.289 e.